The predicted octanol–water partition coefficient (Wildman–Crippen LogP) is 1.93. The number of aromatic amines is 1. The second-order valence-electron chi connectivity index (χ2n) is 6.93. The van der Waals surface area contributed by atoms with E-state index in [1.165, 1.54) is 36.2 Å². The Kier molecular flexibility index (Phi) is 3.91. The maximum absolute atomic E-state index is 12.8. The number of carbonyl (C=O) groups excluding carboxylic acids is 1. The molecule has 6 nitrogen and oxygen atoms in total. The molecule has 132 valence electrons. The maximum atomic E-state index is 12.8. The number of amides is 1. The molecule has 1 saturated carbocycles. The van der Waals surface area contributed by atoms with Gasteiger partial charge in [0.25, 0.3) is 5.91 Å². The molecule has 2 aliphatic rings. The Bertz CT molecular complexity index is 912. The van der Waals surface area contributed by atoms with Gasteiger partial charge in [-0.3, -0.25) is 9.89 Å². The van der Waals surface area contributed by atoms with Crippen molar-refractivity contribution in [3.05, 3.63) is 46.8 Å². The molecule has 0 atom stereocenters. The third-order valence-electron chi connectivity index (χ3n) is 5.03. The van der Waals surface area contributed by atoms with Crippen LogP contribution < -0.4 is 0 Å². The summed E-state index contributed by atoms with van der Waals surface area (Å²) in [6, 6.07) is 6.19. The average molecular weight is 359 g/mol. The van der Waals surface area contributed by atoms with Gasteiger partial charge in [0, 0.05) is 42.9 Å². The summed E-state index contributed by atoms with van der Waals surface area (Å²) in [6.07, 6.45) is 5.20. The maximum Gasteiger partial charge on any atom is 0.253 e. The fourth-order valence-corrected chi connectivity index (χ4v) is 4.06. The number of nitrogens with zero attached hydrogens (tertiary/aromatic N) is 2. The molecular weight excluding hydrogens is 338 g/mol. The minimum atomic E-state index is -3.25. The lowest BCUT2D eigenvalue weighted by Crippen LogP contribution is -2.33. The number of hydrogen-bond donors (Lipinski definition) is 1. The molecule has 1 aromatic heterocycles. The van der Waals surface area contributed by atoms with E-state index in [2.05, 4.69) is 10.2 Å². The van der Waals surface area contributed by atoms with Crippen molar-refractivity contribution >= 4 is 15.7 Å². The number of fused-ring (bicyclic) bond motifs is 1. The molecular formula is C18H21N3O3S. The lowest BCUT2D eigenvalue weighted by Gasteiger charge is -2.20. The molecule has 0 bridgehead atoms. The zero-order valence-corrected chi connectivity index (χ0v) is 15.0. The molecule has 4 rings (SSSR count). The monoisotopic (exact) mass is 359 g/mol. The van der Waals surface area contributed by atoms with Crippen LogP contribution in [0.3, 0.4) is 0 Å². The average Bonchev–Trinajstić information content (AvgIpc) is 3.39. The van der Waals surface area contributed by atoms with Gasteiger partial charge in [0.1, 0.15) is 0 Å². The van der Waals surface area contributed by atoms with Gasteiger partial charge in [-0.05, 0) is 49.1 Å². The van der Waals surface area contributed by atoms with E-state index in [4.69, 9.17) is 0 Å². The number of hydrogen-bond acceptors (Lipinski definition) is 4. The fourth-order valence-electron chi connectivity index (χ4n) is 3.43. The third-order valence-corrected chi connectivity index (χ3v) is 6.16. The molecule has 1 fully saturated rings. The molecule has 1 aliphatic heterocycles. The largest absolute Gasteiger partial charge is 0.338 e. The van der Waals surface area contributed by atoms with Crippen molar-refractivity contribution in [2.75, 3.05) is 19.3 Å². The van der Waals surface area contributed by atoms with Crippen LogP contribution >= 0.6 is 0 Å². The van der Waals surface area contributed by atoms with Crippen LogP contribution in [-0.2, 0) is 22.7 Å². The fraction of sp³-hybridized carbons (Fsp3) is 0.444. The van der Waals surface area contributed by atoms with Crippen LogP contribution in [0.2, 0.25) is 0 Å². The quantitative estimate of drug-likeness (QED) is 0.908. The normalized spacial score (nSPS) is 17.9. The van der Waals surface area contributed by atoms with Gasteiger partial charge < -0.3 is 4.90 Å². The van der Waals surface area contributed by atoms with Crippen molar-refractivity contribution in [2.45, 2.75) is 36.5 Å². The zero-order chi connectivity index (χ0) is 17.6. The topological polar surface area (TPSA) is 83.1 Å². The van der Waals surface area contributed by atoms with Gasteiger partial charge in [-0.15, -0.1) is 0 Å². The highest BCUT2D eigenvalue weighted by molar-refractivity contribution is 7.90. The third kappa shape index (κ3) is 3.20. The van der Waals surface area contributed by atoms with Gasteiger partial charge in [0.2, 0.25) is 0 Å². The second kappa shape index (κ2) is 5.98. The van der Waals surface area contributed by atoms with Crippen molar-refractivity contribution in [3.8, 4) is 0 Å². The molecule has 2 aromatic rings. The van der Waals surface area contributed by atoms with Crippen LogP contribution in [0.15, 0.2) is 29.2 Å². The molecule has 0 radical (unpaired) electrons. The molecule has 1 aromatic carbocycles. The highest BCUT2D eigenvalue weighted by Crippen LogP contribution is 2.41. The van der Waals surface area contributed by atoms with Gasteiger partial charge in [-0.25, -0.2) is 8.42 Å². The van der Waals surface area contributed by atoms with E-state index in [0.29, 0.717) is 24.6 Å². The van der Waals surface area contributed by atoms with E-state index >= 15 is 0 Å². The van der Waals surface area contributed by atoms with Crippen molar-refractivity contribution in [3.63, 3.8) is 0 Å². The molecule has 0 unspecified atom stereocenters. The summed E-state index contributed by atoms with van der Waals surface area (Å²) in [4.78, 5) is 14.8. The first-order valence-corrected chi connectivity index (χ1v) is 10.5. The van der Waals surface area contributed by atoms with Crippen LogP contribution in [0.25, 0.3) is 0 Å². The van der Waals surface area contributed by atoms with Crippen molar-refractivity contribution < 1.29 is 13.2 Å². The Hall–Kier alpha value is -2.15. The van der Waals surface area contributed by atoms with Crippen LogP contribution in [-0.4, -0.2) is 48.8 Å². The van der Waals surface area contributed by atoms with Crippen LogP contribution in [0.5, 0.6) is 0 Å². The van der Waals surface area contributed by atoms with Crippen molar-refractivity contribution in [2.24, 2.45) is 0 Å². The molecule has 1 N–H and O–H groups in total. The first-order valence-electron chi connectivity index (χ1n) is 8.59. The first kappa shape index (κ1) is 16.3. The highest BCUT2D eigenvalue weighted by atomic mass is 32.2. The summed E-state index contributed by atoms with van der Waals surface area (Å²) in [5.74, 6) is 0.553. The standard InChI is InChI=1S/C18H21N3O3S/c1-25(23,24)14-6-4-13(5-7-14)18(22)21-10-8-15-16(9-11-21)19-20-17(15)12-2-3-12/h4-7,12H,2-3,8-11H2,1H3,(H,19,20). The number of rotatable bonds is 3. The summed E-state index contributed by atoms with van der Waals surface area (Å²) >= 11 is 0. The van der Waals surface area contributed by atoms with Gasteiger partial charge in [0.15, 0.2) is 9.84 Å². The van der Waals surface area contributed by atoms with Crippen LogP contribution in [0.1, 0.15) is 46.1 Å². The Morgan fingerprint density at radius 1 is 1.16 bits per heavy atom. The Morgan fingerprint density at radius 2 is 1.84 bits per heavy atom. The lowest BCUT2D eigenvalue weighted by atomic mass is 10.1. The number of carbonyl (C=O) groups is 1. The van der Waals surface area contributed by atoms with Gasteiger partial charge >= 0.3 is 0 Å². The van der Waals surface area contributed by atoms with E-state index in [0.717, 1.165) is 24.8 Å². The molecule has 2 heterocycles. The first-order chi connectivity index (χ1) is 11.9. The van der Waals surface area contributed by atoms with E-state index < -0.39 is 9.84 Å². The minimum absolute atomic E-state index is 0.0499. The van der Waals surface area contributed by atoms with E-state index in [9.17, 15) is 13.2 Å². The smallest absolute Gasteiger partial charge is 0.253 e. The zero-order valence-electron chi connectivity index (χ0n) is 14.2. The van der Waals surface area contributed by atoms with Crippen molar-refractivity contribution in [1.29, 1.82) is 0 Å². The van der Waals surface area contributed by atoms with E-state index in [1.807, 2.05) is 4.90 Å². The molecule has 1 aliphatic carbocycles. The molecule has 0 spiro atoms. The highest BCUT2D eigenvalue weighted by Gasteiger charge is 2.31. The van der Waals surface area contributed by atoms with E-state index in [-0.39, 0.29) is 10.8 Å². The van der Waals surface area contributed by atoms with Crippen LogP contribution in [0, 0.1) is 0 Å². The molecule has 1 amide bonds. The Labute approximate surface area is 147 Å². The summed E-state index contributed by atoms with van der Waals surface area (Å²) in [6.45, 7) is 1.31. The summed E-state index contributed by atoms with van der Waals surface area (Å²) < 4.78 is 23.1. The Balaban J connectivity index is 1.50. The summed E-state index contributed by atoms with van der Waals surface area (Å²) in [5, 5.41) is 7.63. The van der Waals surface area contributed by atoms with Gasteiger partial charge in [0.05, 0.1) is 10.6 Å². The number of nitrogens with one attached hydrogen (secondary N) is 1. The predicted molar refractivity (Wildman–Crippen MR) is 93.4 cm³/mol. The second-order valence-corrected chi connectivity index (χ2v) is 8.94. The number of sulfone groups is 1. The number of benzene rings is 1. The lowest BCUT2D eigenvalue weighted by molar-refractivity contribution is 0.0762. The Morgan fingerprint density at radius 3 is 2.48 bits per heavy atom. The van der Waals surface area contributed by atoms with Crippen molar-refractivity contribution in [1.82, 2.24) is 15.1 Å². The number of aromatic nitrogens is 2. The molecule has 7 heteroatoms. The van der Waals surface area contributed by atoms with Crippen LogP contribution in [0.4, 0.5) is 0 Å². The summed E-state index contributed by atoms with van der Waals surface area (Å²) in [5.41, 5.74) is 4.18. The molecule has 0 saturated heterocycles. The summed E-state index contributed by atoms with van der Waals surface area (Å²) in [7, 11) is -3.25. The SMILES string of the molecule is CS(=O)(=O)c1ccc(C(=O)N2CCc3[nH]nc(C4CC4)c3CC2)cc1. The van der Waals surface area contributed by atoms with Gasteiger partial charge in [-0.2, -0.15) is 5.10 Å². The number of H-pyrrole nitrogens is 1. The van der Waals surface area contributed by atoms with Gasteiger partial charge in [-0.1, -0.05) is 0 Å². The van der Waals surface area contributed by atoms with E-state index in [1.54, 1.807) is 12.1 Å². The minimum Gasteiger partial charge on any atom is -0.338 e. The molecule has 25 heavy (non-hydrogen) atoms.